The average Bonchev–Trinajstić information content (AvgIpc) is 3.44. The smallest absolute Gasteiger partial charge is 0.306 e. The van der Waals surface area contributed by atoms with Crippen LogP contribution in [0.4, 0.5) is 0 Å². The lowest BCUT2D eigenvalue weighted by molar-refractivity contribution is -0.167. The van der Waals surface area contributed by atoms with E-state index >= 15 is 0 Å². The summed E-state index contributed by atoms with van der Waals surface area (Å²) in [7, 11) is 0. The fourth-order valence-electron chi connectivity index (χ4n) is 9.51. The molecule has 0 aromatic carbocycles. The standard InChI is InChI=1S/C72H126O6/c1-4-7-10-13-16-19-22-25-28-31-33-35-36-38-39-41-44-47-50-53-56-59-62-65-71(74)77-68-69(67-76-70(73)64-61-58-55-52-49-46-43-30-27-24-21-18-15-12-9-6-3)78-72(75)66-63-60-57-54-51-48-45-42-40-37-34-32-29-26-23-20-17-14-11-8-5-2/h22-23,25-26,30-34,36,38,40,42-43,69H,4-21,24,27-29,35,37,39,41,44-68H2,1-3H3/b25-22-,26-23-,33-31-,34-32-,38-36-,42-40-,43-30-. The Hall–Kier alpha value is -3.41. The quantitative estimate of drug-likeness (QED) is 0.0261. The zero-order valence-corrected chi connectivity index (χ0v) is 51.7. The molecule has 0 aliphatic heterocycles. The van der Waals surface area contributed by atoms with E-state index < -0.39 is 6.10 Å². The molecule has 0 aromatic heterocycles. The Morgan fingerprint density at radius 1 is 0.256 bits per heavy atom. The Kier molecular flexibility index (Phi) is 63.2. The Balaban J connectivity index is 4.41. The van der Waals surface area contributed by atoms with E-state index in [-0.39, 0.29) is 31.1 Å². The highest BCUT2D eigenvalue weighted by Crippen LogP contribution is 2.16. The first-order valence-corrected chi connectivity index (χ1v) is 33.6. The molecule has 0 aromatic rings. The number of unbranched alkanes of at least 4 members (excludes halogenated alkanes) is 36. The lowest BCUT2D eigenvalue weighted by Crippen LogP contribution is -2.30. The van der Waals surface area contributed by atoms with Crippen LogP contribution >= 0.6 is 0 Å². The van der Waals surface area contributed by atoms with Gasteiger partial charge in [0, 0.05) is 19.3 Å². The van der Waals surface area contributed by atoms with Gasteiger partial charge in [0.1, 0.15) is 13.2 Å². The fraction of sp³-hybridized carbons (Fsp3) is 0.764. The van der Waals surface area contributed by atoms with Crippen molar-refractivity contribution in [2.75, 3.05) is 13.2 Å². The van der Waals surface area contributed by atoms with Crippen LogP contribution in [0.3, 0.4) is 0 Å². The highest BCUT2D eigenvalue weighted by molar-refractivity contribution is 5.71. The SMILES string of the molecule is CCCCCCC/C=C\C/C=C\C/C=C\CCCCCCCCCCC(=O)OCC(COC(=O)CCCCCCC/C=C\CCCCCCCCC)OC(=O)CCCCCCCC/C=C\C/C=C\C/C=C\CCCCCCC. The van der Waals surface area contributed by atoms with Gasteiger partial charge in [-0.15, -0.1) is 0 Å². The van der Waals surface area contributed by atoms with Gasteiger partial charge in [-0.05, 0) is 122 Å². The Morgan fingerprint density at radius 2 is 0.462 bits per heavy atom. The average molecular weight is 1090 g/mol. The molecule has 6 heteroatoms. The molecule has 0 saturated heterocycles. The third-order valence-electron chi connectivity index (χ3n) is 14.6. The van der Waals surface area contributed by atoms with Gasteiger partial charge in [-0.25, -0.2) is 0 Å². The van der Waals surface area contributed by atoms with Crippen molar-refractivity contribution in [3.63, 3.8) is 0 Å². The summed E-state index contributed by atoms with van der Waals surface area (Å²) in [5.41, 5.74) is 0. The van der Waals surface area contributed by atoms with E-state index in [1.54, 1.807) is 0 Å². The van der Waals surface area contributed by atoms with E-state index in [9.17, 15) is 14.4 Å². The molecule has 0 aliphatic rings. The molecule has 0 amide bonds. The molecule has 0 radical (unpaired) electrons. The van der Waals surface area contributed by atoms with Crippen LogP contribution in [-0.2, 0) is 28.6 Å². The summed E-state index contributed by atoms with van der Waals surface area (Å²) in [6.45, 7) is 6.63. The van der Waals surface area contributed by atoms with Crippen LogP contribution in [0.15, 0.2) is 85.1 Å². The molecule has 0 heterocycles. The van der Waals surface area contributed by atoms with Gasteiger partial charge in [0.15, 0.2) is 6.10 Å². The first kappa shape index (κ1) is 74.6. The molecule has 0 fully saturated rings. The van der Waals surface area contributed by atoms with E-state index in [2.05, 4.69) is 106 Å². The molecule has 0 N–H and O–H groups in total. The van der Waals surface area contributed by atoms with E-state index in [0.717, 1.165) is 109 Å². The molecule has 0 saturated carbocycles. The number of rotatable bonds is 61. The largest absolute Gasteiger partial charge is 0.462 e. The van der Waals surface area contributed by atoms with Crippen molar-refractivity contribution >= 4 is 17.9 Å². The molecular weight excluding hydrogens is 961 g/mol. The number of hydrogen-bond donors (Lipinski definition) is 0. The number of carbonyl (C=O) groups is 3. The van der Waals surface area contributed by atoms with Crippen LogP contribution in [0.1, 0.15) is 335 Å². The molecular formula is C72H126O6. The third kappa shape index (κ3) is 63.4. The second-order valence-corrected chi connectivity index (χ2v) is 22.4. The maximum atomic E-state index is 12.9. The monoisotopic (exact) mass is 1090 g/mol. The zero-order valence-electron chi connectivity index (χ0n) is 51.7. The predicted molar refractivity (Wildman–Crippen MR) is 339 cm³/mol. The van der Waals surface area contributed by atoms with E-state index in [1.165, 1.54) is 186 Å². The van der Waals surface area contributed by atoms with Crippen molar-refractivity contribution in [3.05, 3.63) is 85.1 Å². The summed E-state index contributed by atoms with van der Waals surface area (Å²) in [6.07, 6.45) is 87.3. The van der Waals surface area contributed by atoms with Gasteiger partial charge in [-0.1, -0.05) is 279 Å². The summed E-state index contributed by atoms with van der Waals surface area (Å²) in [4.78, 5) is 38.4. The summed E-state index contributed by atoms with van der Waals surface area (Å²) in [5, 5.41) is 0. The van der Waals surface area contributed by atoms with Crippen molar-refractivity contribution < 1.29 is 28.6 Å². The zero-order chi connectivity index (χ0) is 56.4. The maximum Gasteiger partial charge on any atom is 0.306 e. The minimum Gasteiger partial charge on any atom is -0.462 e. The van der Waals surface area contributed by atoms with Crippen LogP contribution in [0.5, 0.6) is 0 Å². The predicted octanol–water partition coefficient (Wildman–Crippen LogP) is 23.1. The number of esters is 3. The van der Waals surface area contributed by atoms with Gasteiger partial charge in [-0.2, -0.15) is 0 Å². The summed E-state index contributed by atoms with van der Waals surface area (Å²) < 4.78 is 16.9. The maximum absolute atomic E-state index is 12.9. The van der Waals surface area contributed by atoms with Crippen molar-refractivity contribution in [2.45, 2.75) is 341 Å². The van der Waals surface area contributed by atoms with Gasteiger partial charge in [0.2, 0.25) is 0 Å². The van der Waals surface area contributed by atoms with Crippen molar-refractivity contribution in [2.24, 2.45) is 0 Å². The van der Waals surface area contributed by atoms with Crippen LogP contribution in [0.25, 0.3) is 0 Å². The summed E-state index contributed by atoms with van der Waals surface area (Å²) >= 11 is 0. The molecule has 1 atom stereocenters. The second kappa shape index (κ2) is 66.1. The topological polar surface area (TPSA) is 78.9 Å². The highest BCUT2D eigenvalue weighted by atomic mass is 16.6. The minimum absolute atomic E-state index is 0.0877. The van der Waals surface area contributed by atoms with Crippen LogP contribution in [0, 0.1) is 0 Å². The van der Waals surface area contributed by atoms with Gasteiger partial charge >= 0.3 is 17.9 Å². The molecule has 0 rings (SSSR count). The highest BCUT2D eigenvalue weighted by Gasteiger charge is 2.19. The Labute approximate surface area is 484 Å². The lowest BCUT2D eigenvalue weighted by atomic mass is 10.1. The molecule has 450 valence electrons. The normalized spacial score (nSPS) is 12.6. The van der Waals surface area contributed by atoms with Crippen LogP contribution in [-0.4, -0.2) is 37.2 Å². The van der Waals surface area contributed by atoms with E-state index in [4.69, 9.17) is 14.2 Å². The molecule has 0 spiro atoms. The van der Waals surface area contributed by atoms with E-state index in [1.807, 2.05) is 0 Å². The third-order valence-corrected chi connectivity index (χ3v) is 14.6. The Bertz CT molecular complexity index is 1480. The number of carbonyl (C=O) groups excluding carboxylic acids is 3. The first-order chi connectivity index (χ1) is 38.5. The number of hydrogen-bond acceptors (Lipinski definition) is 6. The fourth-order valence-corrected chi connectivity index (χ4v) is 9.51. The van der Waals surface area contributed by atoms with Crippen LogP contribution in [0.2, 0.25) is 0 Å². The summed E-state index contributed by atoms with van der Waals surface area (Å²) in [5.74, 6) is -0.901. The van der Waals surface area contributed by atoms with Gasteiger partial charge in [0.05, 0.1) is 0 Å². The molecule has 0 aliphatic carbocycles. The van der Waals surface area contributed by atoms with Crippen molar-refractivity contribution in [1.82, 2.24) is 0 Å². The Morgan fingerprint density at radius 3 is 0.731 bits per heavy atom. The summed E-state index contributed by atoms with van der Waals surface area (Å²) in [6, 6.07) is 0. The van der Waals surface area contributed by atoms with Crippen molar-refractivity contribution in [3.8, 4) is 0 Å². The number of allylic oxidation sites excluding steroid dienone is 14. The molecule has 78 heavy (non-hydrogen) atoms. The van der Waals surface area contributed by atoms with Gasteiger partial charge in [0.25, 0.3) is 0 Å². The van der Waals surface area contributed by atoms with E-state index in [0.29, 0.717) is 19.3 Å². The second-order valence-electron chi connectivity index (χ2n) is 22.4. The molecule has 1 unspecified atom stereocenters. The first-order valence-electron chi connectivity index (χ1n) is 33.6. The minimum atomic E-state index is -0.793. The molecule has 6 nitrogen and oxygen atoms in total. The van der Waals surface area contributed by atoms with Crippen molar-refractivity contribution in [1.29, 1.82) is 0 Å². The van der Waals surface area contributed by atoms with Crippen LogP contribution < -0.4 is 0 Å². The lowest BCUT2D eigenvalue weighted by Gasteiger charge is -2.18. The van der Waals surface area contributed by atoms with Gasteiger partial charge in [-0.3, -0.25) is 14.4 Å². The van der Waals surface area contributed by atoms with Gasteiger partial charge < -0.3 is 14.2 Å². The number of ether oxygens (including phenoxy) is 3. The molecule has 0 bridgehead atoms.